The van der Waals surface area contributed by atoms with Crippen molar-refractivity contribution in [3.63, 3.8) is 0 Å². The fourth-order valence-corrected chi connectivity index (χ4v) is 1.42. The Kier molecular flexibility index (Phi) is 14.1. The van der Waals surface area contributed by atoms with Crippen LogP contribution in [0, 0.1) is 0 Å². The molecule has 1 atom stereocenters. The Labute approximate surface area is 105 Å². The third-order valence-corrected chi connectivity index (χ3v) is 2.26. The molecule has 3 nitrogen and oxygen atoms in total. The Morgan fingerprint density at radius 3 is 2.00 bits per heavy atom. The second kappa shape index (κ2) is 12.1. The first-order valence-electron chi connectivity index (χ1n) is 5.53. The van der Waals surface area contributed by atoms with E-state index >= 15 is 0 Å². The van der Waals surface area contributed by atoms with Gasteiger partial charge in [0.15, 0.2) is 0 Å². The van der Waals surface area contributed by atoms with Crippen molar-refractivity contribution in [2.75, 3.05) is 0 Å². The van der Waals surface area contributed by atoms with E-state index in [0.717, 1.165) is 44.9 Å². The third-order valence-electron chi connectivity index (χ3n) is 2.26. The van der Waals surface area contributed by atoms with E-state index < -0.39 is 5.97 Å². The maximum absolute atomic E-state index is 10.2. The van der Waals surface area contributed by atoms with Gasteiger partial charge in [0, 0.05) is 25.9 Å². The van der Waals surface area contributed by atoms with Crippen LogP contribution in [0.3, 0.4) is 0 Å². The van der Waals surface area contributed by atoms with Crippen LogP contribution >= 0.6 is 0 Å². The van der Waals surface area contributed by atoms with Crippen molar-refractivity contribution in [3.8, 4) is 0 Å². The number of aliphatic hydroxyl groups is 1. The van der Waals surface area contributed by atoms with Gasteiger partial charge in [-0.15, -0.1) is 0 Å². The van der Waals surface area contributed by atoms with Crippen LogP contribution in [0.1, 0.15) is 58.3 Å². The normalized spacial score (nSPS) is 11.9. The minimum Gasteiger partial charge on any atom is -0.481 e. The summed E-state index contributed by atoms with van der Waals surface area (Å²) in [6.07, 6.45) is 7.32. The van der Waals surface area contributed by atoms with Crippen LogP contribution in [0.15, 0.2) is 0 Å². The molecular weight excluding hydrogens is 246 g/mol. The number of aliphatic carboxylic acids is 1. The van der Waals surface area contributed by atoms with E-state index in [9.17, 15) is 4.79 Å². The minimum absolute atomic E-state index is 0. The number of unbranched alkanes of at least 4 members (excludes halogenated alkanes) is 5. The van der Waals surface area contributed by atoms with E-state index in [1.54, 1.807) is 0 Å². The van der Waals surface area contributed by atoms with Crippen molar-refractivity contribution < 1.29 is 34.5 Å². The summed E-state index contributed by atoms with van der Waals surface area (Å²) in [5.41, 5.74) is 0. The molecule has 0 saturated heterocycles. The first-order valence-corrected chi connectivity index (χ1v) is 5.53. The molecule has 4 heteroatoms. The van der Waals surface area contributed by atoms with Gasteiger partial charge in [0.2, 0.25) is 0 Å². The second-order valence-corrected chi connectivity index (χ2v) is 3.90. The third kappa shape index (κ3) is 16.7. The summed E-state index contributed by atoms with van der Waals surface area (Å²) in [5.74, 6) is -0.695. The quantitative estimate of drug-likeness (QED) is 0.499. The fraction of sp³-hybridized carbons (Fsp3) is 0.909. The molecule has 86 valence electrons. The second-order valence-electron chi connectivity index (χ2n) is 3.90. The first kappa shape index (κ1) is 17.4. The van der Waals surface area contributed by atoms with E-state index in [2.05, 4.69) is 0 Å². The summed E-state index contributed by atoms with van der Waals surface area (Å²) < 4.78 is 0. The van der Waals surface area contributed by atoms with E-state index in [1.807, 2.05) is 6.92 Å². The molecule has 0 fully saturated rings. The van der Waals surface area contributed by atoms with E-state index in [-0.39, 0.29) is 25.6 Å². The van der Waals surface area contributed by atoms with Crippen LogP contribution in [0.2, 0.25) is 0 Å². The summed E-state index contributed by atoms with van der Waals surface area (Å²) in [6.45, 7) is 1.81. The molecule has 0 aliphatic heterocycles. The summed E-state index contributed by atoms with van der Waals surface area (Å²) in [4.78, 5) is 10.2. The Hall–Kier alpha value is 0.0534. The number of rotatable bonds is 9. The summed E-state index contributed by atoms with van der Waals surface area (Å²) in [5, 5.41) is 17.4. The van der Waals surface area contributed by atoms with Gasteiger partial charge in [0.1, 0.15) is 0 Å². The molecule has 0 saturated carbocycles. The first-order chi connectivity index (χ1) is 6.63. The fourth-order valence-electron chi connectivity index (χ4n) is 1.42. The maximum Gasteiger partial charge on any atom is 0.303 e. The van der Waals surface area contributed by atoms with Gasteiger partial charge in [-0.1, -0.05) is 32.1 Å². The molecule has 0 aromatic carbocycles. The molecule has 0 aromatic rings. The molecule has 0 aliphatic rings. The number of carboxylic acids is 1. The molecule has 15 heavy (non-hydrogen) atoms. The Morgan fingerprint density at radius 1 is 1.07 bits per heavy atom. The van der Waals surface area contributed by atoms with Crippen molar-refractivity contribution >= 4 is 5.97 Å². The van der Waals surface area contributed by atoms with E-state index in [1.165, 1.54) is 0 Å². The molecule has 0 amide bonds. The maximum atomic E-state index is 10.2. The van der Waals surface area contributed by atoms with E-state index in [4.69, 9.17) is 10.2 Å². The van der Waals surface area contributed by atoms with Crippen molar-refractivity contribution in [2.24, 2.45) is 0 Å². The van der Waals surface area contributed by atoms with Gasteiger partial charge in [-0.3, -0.25) is 4.79 Å². The number of hydrogen-bond donors (Lipinski definition) is 2. The zero-order chi connectivity index (χ0) is 10.8. The zero-order valence-electron chi connectivity index (χ0n) is 9.74. The molecule has 0 rings (SSSR count). The number of aliphatic hydroxyl groups excluding tert-OH is 1. The van der Waals surface area contributed by atoms with Gasteiger partial charge in [0.05, 0.1) is 6.10 Å². The molecule has 0 aliphatic carbocycles. The van der Waals surface area contributed by atoms with Crippen LogP contribution in [0.25, 0.3) is 0 Å². The predicted molar refractivity (Wildman–Crippen MR) is 56.3 cm³/mol. The van der Waals surface area contributed by atoms with Crippen molar-refractivity contribution in [1.29, 1.82) is 0 Å². The molecule has 0 heterocycles. The van der Waals surface area contributed by atoms with Gasteiger partial charge in [-0.2, -0.15) is 0 Å². The molecule has 0 radical (unpaired) electrons. The van der Waals surface area contributed by atoms with E-state index in [0.29, 0.717) is 6.42 Å². The number of hydrogen-bond acceptors (Lipinski definition) is 2. The van der Waals surface area contributed by atoms with Gasteiger partial charge in [-0.25, -0.2) is 0 Å². The predicted octanol–water partition coefficient (Wildman–Crippen LogP) is 2.57. The Morgan fingerprint density at radius 2 is 1.53 bits per heavy atom. The van der Waals surface area contributed by atoms with Crippen molar-refractivity contribution in [1.82, 2.24) is 0 Å². The zero-order valence-corrected chi connectivity index (χ0v) is 12.7. The molecule has 0 spiro atoms. The Balaban J connectivity index is 0. The molecule has 2 N–H and O–H groups in total. The van der Waals surface area contributed by atoms with Crippen LogP contribution in [0.4, 0.5) is 0 Å². The summed E-state index contributed by atoms with van der Waals surface area (Å²) >= 11 is 0. The standard InChI is InChI=1S/C11H22O3.Zn/c1-10(12)8-6-4-2-3-5-7-9-11(13)14;/h10,12H,2-9H2,1H3,(H,13,14);. The number of carbonyl (C=O) groups is 1. The van der Waals surface area contributed by atoms with Crippen LogP contribution in [0.5, 0.6) is 0 Å². The average molecular weight is 268 g/mol. The number of carboxylic acid groups (broad SMARTS) is 1. The van der Waals surface area contributed by atoms with Crippen molar-refractivity contribution in [3.05, 3.63) is 0 Å². The topological polar surface area (TPSA) is 57.5 Å². The minimum atomic E-state index is -0.695. The molecular formula is C11H22O3Zn. The average Bonchev–Trinajstić information content (AvgIpc) is 2.08. The molecule has 1 unspecified atom stereocenters. The van der Waals surface area contributed by atoms with Crippen LogP contribution < -0.4 is 0 Å². The molecule has 0 bridgehead atoms. The van der Waals surface area contributed by atoms with Gasteiger partial charge in [-0.05, 0) is 19.8 Å². The smallest absolute Gasteiger partial charge is 0.303 e. The van der Waals surface area contributed by atoms with Crippen LogP contribution in [-0.4, -0.2) is 22.3 Å². The largest absolute Gasteiger partial charge is 0.481 e. The summed E-state index contributed by atoms with van der Waals surface area (Å²) in [6, 6.07) is 0. The van der Waals surface area contributed by atoms with Gasteiger partial charge in [0.25, 0.3) is 0 Å². The van der Waals surface area contributed by atoms with Gasteiger partial charge >= 0.3 is 5.97 Å². The molecule has 0 aromatic heterocycles. The van der Waals surface area contributed by atoms with Crippen molar-refractivity contribution in [2.45, 2.75) is 64.4 Å². The Bertz CT molecular complexity index is 149. The van der Waals surface area contributed by atoms with Gasteiger partial charge < -0.3 is 10.2 Å². The SMILES string of the molecule is CC(O)CCCCCCCCC(=O)O.[Zn]. The van der Waals surface area contributed by atoms with Crippen LogP contribution in [-0.2, 0) is 24.3 Å². The summed E-state index contributed by atoms with van der Waals surface area (Å²) in [7, 11) is 0. The monoisotopic (exact) mass is 266 g/mol.